The number of benzene rings is 2. The van der Waals surface area contributed by atoms with Gasteiger partial charge in [-0.15, -0.1) is 4.73 Å². The number of rotatable bonds is 7. The van der Waals surface area contributed by atoms with Crippen molar-refractivity contribution in [2.24, 2.45) is 5.92 Å². The van der Waals surface area contributed by atoms with Crippen LogP contribution in [0.2, 0.25) is 5.15 Å². The fourth-order valence-corrected chi connectivity index (χ4v) is 3.81. The molecular formula is C24H24ClN3O2. The molecule has 4 rings (SSSR count). The van der Waals surface area contributed by atoms with Gasteiger partial charge in [-0.3, -0.25) is 0 Å². The molecule has 2 heterocycles. The number of aromatic amines is 1. The van der Waals surface area contributed by atoms with Gasteiger partial charge in [0.15, 0.2) is 10.8 Å². The Bertz CT molecular complexity index is 1160. The molecule has 1 N–H and O–H groups in total. The van der Waals surface area contributed by atoms with Crippen molar-refractivity contribution in [3.8, 4) is 5.88 Å². The maximum Gasteiger partial charge on any atom is 0.402 e. The molecule has 0 amide bonds. The third-order valence-electron chi connectivity index (χ3n) is 5.00. The predicted octanol–water partition coefficient (Wildman–Crippen LogP) is 5.22. The van der Waals surface area contributed by atoms with Gasteiger partial charge < -0.3 is 14.9 Å². The van der Waals surface area contributed by atoms with E-state index in [9.17, 15) is 5.21 Å². The van der Waals surface area contributed by atoms with Crippen LogP contribution in [0.25, 0.3) is 10.9 Å². The Morgan fingerprint density at radius 1 is 1.10 bits per heavy atom. The van der Waals surface area contributed by atoms with E-state index in [-0.39, 0.29) is 23.6 Å². The number of para-hydroxylation sites is 1. The minimum absolute atomic E-state index is 0.212. The zero-order valence-electron chi connectivity index (χ0n) is 17.1. The number of aromatic nitrogens is 3. The van der Waals surface area contributed by atoms with Crippen molar-refractivity contribution in [3.63, 3.8) is 0 Å². The van der Waals surface area contributed by atoms with Gasteiger partial charge in [-0.25, -0.2) is 4.98 Å². The van der Waals surface area contributed by atoms with Crippen molar-refractivity contribution in [1.29, 1.82) is 0 Å². The second-order valence-electron chi connectivity index (χ2n) is 7.80. The Hall–Kier alpha value is -3.05. The lowest BCUT2D eigenvalue weighted by molar-refractivity contribution is -0.622. The van der Waals surface area contributed by atoms with Gasteiger partial charge in [-0.1, -0.05) is 74.0 Å². The first-order valence-electron chi connectivity index (χ1n) is 10.1. The lowest BCUT2D eigenvalue weighted by atomic mass is 10.1. The summed E-state index contributed by atoms with van der Waals surface area (Å²) in [5.41, 5.74) is 4.03. The third-order valence-corrected chi connectivity index (χ3v) is 5.30. The smallest absolute Gasteiger partial charge is 0.402 e. The number of halogens is 1. The molecule has 154 valence electrons. The molecule has 0 fully saturated rings. The normalized spacial score (nSPS) is 11.3. The van der Waals surface area contributed by atoms with Gasteiger partial charge >= 0.3 is 5.88 Å². The summed E-state index contributed by atoms with van der Waals surface area (Å²) in [5, 5.41) is 14.5. The van der Waals surface area contributed by atoms with E-state index >= 15 is 0 Å². The van der Waals surface area contributed by atoms with Crippen LogP contribution >= 0.6 is 11.6 Å². The average molecular weight is 422 g/mol. The minimum atomic E-state index is 0.212. The zero-order valence-corrected chi connectivity index (χ0v) is 17.8. The largest absolute Gasteiger partial charge is 0.616 e. The van der Waals surface area contributed by atoms with Crippen LogP contribution in [0.1, 0.15) is 36.4 Å². The standard InChI is InChI=1S/C24H24ClN3O2/c1-16(2)12-22-23(25)27-21(13-18-14-26-20-11-7-6-10-19(18)20)24(28(22)29)30-15-17-8-4-3-5-9-17/h3-11,14,16,26H,12-13,15H2,1-2H3. The molecule has 0 saturated carbocycles. The molecule has 0 spiro atoms. The first-order chi connectivity index (χ1) is 14.5. The number of nitrogens with one attached hydrogen (secondary N) is 1. The van der Waals surface area contributed by atoms with Gasteiger partial charge in [0.2, 0.25) is 5.69 Å². The highest BCUT2D eigenvalue weighted by Gasteiger charge is 2.26. The monoisotopic (exact) mass is 421 g/mol. The predicted molar refractivity (Wildman–Crippen MR) is 119 cm³/mol. The molecule has 0 aliphatic heterocycles. The maximum atomic E-state index is 13.2. The molecule has 0 aliphatic carbocycles. The van der Waals surface area contributed by atoms with E-state index in [1.807, 2.05) is 74.6 Å². The molecule has 0 unspecified atom stereocenters. The van der Waals surface area contributed by atoms with Crippen molar-refractivity contribution in [2.45, 2.75) is 33.3 Å². The highest BCUT2D eigenvalue weighted by atomic mass is 35.5. The van der Waals surface area contributed by atoms with Crippen molar-refractivity contribution in [1.82, 2.24) is 9.97 Å². The lowest BCUT2D eigenvalue weighted by Crippen LogP contribution is -2.37. The summed E-state index contributed by atoms with van der Waals surface area (Å²) in [6, 6.07) is 17.8. The van der Waals surface area contributed by atoms with Crippen LogP contribution in [-0.2, 0) is 19.4 Å². The molecule has 0 atom stereocenters. The molecule has 0 radical (unpaired) electrons. The van der Waals surface area contributed by atoms with Crippen molar-refractivity contribution in [3.05, 3.63) is 93.7 Å². The molecular weight excluding hydrogens is 398 g/mol. The van der Waals surface area contributed by atoms with Crippen molar-refractivity contribution in [2.75, 3.05) is 0 Å². The second kappa shape index (κ2) is 8.76. The number of ether oxygens (including phenoxy) is 1. The number of fused-ring (bicyclic) bond motifs is 1. The Balaban J connectivity index is 1.73. The fraction of sp³-hybridized carbons (Fsp3) is 0.250. The fourth-order valence-electron chi connectivity index (χ4n) is 3.55. The van der Waals surface area contributed by atoms with Crippen LogP contribution in [0.5, 0.6) is 5.88 Å². The van der Waals surface area contributed by atoms with Gasteiger partial charge in [0.25, 0.3) is 0 Å². The van der Waals surface area contributed by atoms with Gasteiger partial charge in [-0.05, 0) is 23.1 Å². The van der Waals surface area contributed by atoms with E-state index in [1.54, 1.807) is 0 Å². The Morgan fingerprint density at radius 2 is 1.83 bits per heavy atom. The van der Waals surface area contributed by atoms with Gasteiger partial charge in [0, 0.05) is 29.9 Å². The number of hydrogen-bond acceptors (Lipinski definition) is 3. The number of H-pyrrole nitrogens is 1. The van der Waals surface area contributed by atoms with Gasteiger partial charge in [0.05, 0.1) is 0 Å². The minimum Gasteiger partial charge on any atom is -0.616 e. The summed E-state index contributed by atoms with van der Waals surface area (Å²) in [4.78, 5) is 7.85. The summed E-state index contributed by atoms with van der Waals surface area (Å²) in [7, 11) is 0. The Labute approximate surface area is 180 Å². The average Bonchev–Trinajstić information content (AvgIpc) is 3.14. The first-order valence-corrected chi connectivity index (χ1v) is 10.4. The van der Waals surface area contributed by atoms with Crippen LogP contribution in [0.4, 0.5) is 0 Å². The van der Waals surface area contributed by atoms with Crippen molar-refractivity contribution >= 4 is 22.5 Å². The molecule has 0 bridgehead atoms. The van der Waals surface area contributed by atoms with E-state index in [1.165, 1.54) is 0 Å². The van der Waals surface area contributed by atoms with E-state index in [2.05, 4.69) is 9.97 Å². The van der Waals surface area contributed by atoms with Crippen LogP contribution in [0, 0.1) is 11.1 Å². The maximum absolute atomic E-state index is 13.2. The topological polar surface area (TPSA) is 64.8 Å². The van der Waals surface area contributed by atoms with Crippen LogP contribution in [0.3, 0.4) is 0 Å². The zero-order chi connectivity index (χ0) is 21.1. The quantitative estimate of drug-likeness (QED) is 0.328. The summed E-state index contributed by atoms with van der Waals surface area (Å²) in [6.07, 6.45) is 2.92. The van der Waals surface area contributed by atoms with E-state index in [0.29, 0.717) is 24.2 Å². The molecule has 0 saturated heterocycles. The Kier molecular flexibility index (Phi) is 5.91. The number of nitrogens with zero attached hydrogens (tertiary/aromatic N) is 2. The van der Waals surface area contributed by atoms with Crippen LogP contribution in [0.15, 0.2) is 60.8 Å². The molecule has 5 nitrogen and oxygen atoms in total. The summed E-state index contributed by atoms with van der Waals surface area (Å²) >= 11 is 6.43. The van der Waals surface area contributed by atoms with E-state index in [0.717, 1.165) is 26.8 Å². The molecule has 2 aromatic heterocycles. The molecule has 4 aromatic rings. The highest BCUT2D eigenvalue weighted by molar-refractivity contribution is 6.29. The third kappa shape index (κ3) is 4.26. The Morgan fingerprint density at radius 3 is 2.60 bits per heavy atom. The van der Waals surface area contributed by atoms with Gasteiger partial charge in [-0.2, -0.15) is 0 Å². The van der Waals surface area contributed by atoms with E-state index < -0.39 is 0 Å². The summed E-state index contributed by atoms with van der Waals surface area (Å²) in [5.74, 6) is 0.482. The SMILES string of the molecule is CC(C)Cc1c(Cl)nc(Cc2c[nH]c3ccccc23)c(OCc2ccccc2)[n+]1[O-]. The second-order valence-corrected chi connectivity index (χ2v) is 8.16. The highest BCUT2D eigenvalue weighted by Crippen LogP contribution is 2.26. The van der Waals surface area contributed by atoms with E-state index in [4.69, 9.17) is 16.3 Å². The first kappa shape index (κ1) is 20.2. The lowest BCUT2D eigenvalue weighted by Gasteiger charge is -2.15. The van der Waals surface area contributed by atoms with Crippen molar-refractivity contribution < 1.29 is 9.47 Å². The summed E-state index contributed by atoms with van der Waals surface area (Å²) in [6.45, 7) is 4.37. The molecule has 0 aliphatic rings. The van der Waals surface area contributed by atoms with Crippen LogP contribution in [-0.4, -0.2) is 9.97 Å². The molecule has 6 heteroatoms. The molecule has 2 aromatic carbocycles. The molecule has 30 heavy (non-hydrogen) atoms. The van der Waals surface area contributed by atoms with Gasteiger partial charge in [0.1, 0.15) is 6.61 Å². The number of hydrogen-bond donors (Lipinski definition) is 1. The van der Waals surface area contributed by atoms with Crippen LogP contribution < -0.4 is 9.47 Å². The summed E-state index contributed by atoms with van der Waals surface area (Å²) < 4.78 is 6.83.